The van der Waals surface area contributed by atoms with Crippen molar-refractivity contribution in [3.63, 3.8) is 0 Å². The summed E-state index contributed by atoms with van der Waals surface area (Å²) in [6.07, 6.45) is 12.1. The Bertz CT molecular complexity index is 388. The summed E-state index contributed by atoms with van der Waals surface area (Å²) in [6, 6.07) is 0. The zero-order valence-electron chi connectivity index (χ0n) is 12.0. The SMILES string of the molecule is CCCCC/C=C\[C@@H]1C[C@@H]1C(=O)NS(=O)C1(C)CC1. The average Bonchev–Trinajstić information content (AvgIpc) is 3.26. The lowest BCUT2D eigenvalue weighted by Crippen LogP contribution is -2.34. The quantitative estimate of drug-likeness (QED) is 0.549. The van der Waals surface area contributed by atoms with Gasteiger partial charge in [0.1, 0.15) is 11.0 Å². The fourth-order valence-electron chi connectivity index (χ4n) is 2.16. The minimum atomic E-state index is -1.19. The highest BCUT2D eigenvalue weighted by Crippen LogP contribution is 2.42. The summed E-state index contributed by atoms with van der Waals surface area (Å²) in [5.74, 6) is 0.425. The van der Waals surface area contributed by atoms with Gasteiger partial charge in [-0.2, -0.15) is 0 Å². The molecule has 0 bridgehead atoms. The smallest absolute Gasteiger partial charge is 0.235 e. The molecule has 4 heteroatoms. The van der Waals surface area contributed by atoms with E-state index in [1.807, 2.05) is 6.92 Å². The highest BCUT2D eigenvalue weighted by atomic mass is 32.2. The number of amides is 1. The summed E-state index contributed by atoms with van der Waals surface area (Å²) in [7, 11) is -1.19. The van der Waals surface area contributed by atoms with Crippen LogP contribution in [0, 0.1) is 11.8 Å². The van der Waals surface area contributed by atoms with Crippen molar-refractivity contribution in [3.8, 4) is 0 Å². The van der Waals surface area contributed by atoms with Crippen LogP contribution < -0.4 is 4.72 Å². The maximum Gasteiger partial charge on any atom is 0.235 e. The lowest BCUT2D eigenvalue weighted by atomic mass is 10.2. The van der Waals surface area contributed by atoms with E-state index in [4.69, 9.17) is 0 Å². The predicted molar refractivity (Wildman–Crippen MR) is 78.8 cm³/mol. The van der Waals surface area contributed by atoms with Crippen LogP contribution >= 0.6 is 0 Å². The Labute approximate surface area is 118 Å². The topological polar surface area (TPSA) is 46.2 Å². The van der Waals surface area contributed by atoms with Gasteiger partial charge in [0.25, 0.3) is 0 Å². The van der Waals surface area contributed by atoms with Crippen LogP contribution in [0.2, 0.25) is 0 Å². The van der Waals surface area contributed by atoms with Gasteiger partial charge in [-0.1, -0.05) is 31.9 Å². The molecule has 0 saturated heterocycles. The monoisotopic (exact) mass is 283 g/mol. The first kappa shape index (κ1) is 14.8. The second-order valence-corrected chi connectivity index (χ2v) is 7.84. The summed E-state index contributed by atoms with van der Waals surface area (Å²) in [4.78, 5) is 11.9. The standard InChI is InChI=1S/C15H25NO2S/c1-3-4-5-6-7-8-12-11-13(12)14(17)16-19(18)15(2)9-10-15/h7-8,12-13H,3-6,9-11H2,1-2H3,(H,16,17)/b8-7-/t12-,13+,19?/m1/s1. The molecule has 0 heterocycles. The van der Waals surface area contributed by atoms with Crippen LogP contribution in [0.15, 0.2) is 12.2 Å². The average molecular weight is 283 g/mol. The zero-order chi connectivity index (χ0) is 13.9. The molecule has 2 saturated carbocycles. The predicted octanol–water partition coefficient (Wildman–Crippen LogP) is 3.09. The third-order valence-corrected chi connectivity index (χ3v) is 5.82. The van der Waals surface area contributed by atoms with Gasteiger partial charge in [-0.15, -0.1) is 0 Å². The fraction of sp³-hybridized carbons (Fsp3) is 0.800. The van der Waals surface area contributed by atoms with Crippen LogP contribution in [-0.4, -0.2) is 14.9 Å². The Balaban J connectivity index is 1.65. The number of nitrogens with one attached hydrogen (secondary N) is 1. The van der Waals surface area contributed by atoms with E-state index in [2.05, 4.69) is 23.8 Å². The lowest BCUT2D eigenvalue weighted by Gasteiger charge is -2.09. The molecule has 3 atom stereocenters. The first-order chi connectivity index (χ1) is 9.07. The van der Waals surface area contributed by atoms with Crippen LogP contribution in [0.4, 0.5) is 0 Å². The van der Waals surface area contributed by atoms with E-state index < -0.39 is 11.0 Å². The Kier molecular flexibility index (Phi) is 4.82. The Morgan fingerprint density at radius 1 is 1.42 bits per heavy atom. The number of hydrogen-bond acceptors (Lipinski definition) is 2. The fourth-order valence-corrected chi connectivity index (χ4v) is 3.22. The molecule has 0 aromatic heterocycles. The molecule has 0 aromatic rings. The molecule has 19 heavy (non-hydrogen) atoms. The van der Waals surface area contributed by atoms with Crippen molar-refractivity contribution in [1.82, 2.24) is 4.72 Å². The van der Waals surface area contributed by atoms with Crippen LogP contribution in [0.5, 0.6) is 0 Å². The van der Waals surface area contributed by atoms with Crippen LogP contribution in [-0.2, 0) is 15.8 Å². The van der Waals surface area contributed by atoms with Gasteiger partial charge in [0.05, 0.1) is 4.75 Å². The van der Waals surface area contributed by atoms with E-state index in [1.54, 1.807) is 0 Å². The van der Waals surface area contributed by atoms with Crippen LogP contribution in [0.1, 0.15) is 58.8 Å². The number of carbonyl (C=O) groups is 1. The van der Waals surface area contributed by atoms with E-state index in [1.165, 1.54) is 19.3 Å². The molecular formula is C15H25NO2S. The molecule has 108 valence electrons. The van der Waals surface area contributed by atoms with Gasteiger partial charge < -0.3 is 0 Å². The van der Waals surface area contributed by atoms with E-state index in [0.717, 1.165) is 25.7 Å². The van der Waals surface area contributed by atoms with Crippen molar-refractivity contribution in [2.45, 2.75) is 63.5 Å². The molecule has 1 amide bonds. The normalized spacial score (nSPS) is 29.2. The molecule has 0 aromatic carbocycles. The molecule has 2 rings (SSSR count). The Morgan fingerprint density at radius 2 is 2.16 bits per heavy atom. The molecule has 1 N–H and O–H groups in total. The summed E-state index contributed by atoms with van der Waals surface area (Å²) in [5, 5.41) is 0. The van der Waals surface area contributed by atoms with Gasteiger partial charge in [-0.05, 0) is 44.9 Å². The van der Waals surface area contributed by atoms with Gasteiger partial charge in [-0.3, -0.25) is 9.52 Å². The Hall–Kier alpha value is -0.640. The lowest BCUT2D eigenvalue weighted by molar-refractivity contribution is -0.120. The molecule has 1 unspecified atom stereocenters. The van der Waals surface area contributed by atoms with Crippen molar-refractivity contribution in [3.05, 3.63) is 12.2 Å². The van der Waals surface area contributed by atoms with Crippen molar-refractivity contribution in [2.75, 3.05) is 0 Å². The maximum atomic E-state index is 11.9. The summed E-state index contributed by atoms with van der Waals surface area (Å²) in [6.45, 7) is 4.17. The molecule has 2 fully saturated rings. The number of carbonyl (C=O) groups excluding carboxylic acids is 1. The minimum absolute atomic E-state index is 0.0188. The van der Waals surface area contributed by atoms with Crippen LogP contribution in [0.25, 0.3) is 0 Å². The molecule has 0 radical (unpaired) electrons. The highest BCUT2D eigenvalue weighted by Gasteiger charge is 2.47. The maximum absolute atomic E-state index is 11.9. The minimum Gasteiger partial charge on any atom is -0.274 e. The first-order valence-electron chi connectivity index (χ1n) is 7.46. The number of rotatable bonds is 8. The Morgan fingerprint density at radius 3 is 2.79 bits per heavy atom. The van der Waals surface area contributed by atoms with Crippen molar-refractivity contribution in [2.24, 2.45) is 11.8 Å². The third-order valence-electron chi connectivity index (χ3n) is 4.13. The van der Waals surface area contributed by atoms with E-state index >= 15 is 0 Å². The van der Waals surface area contributed by atoms with Crippen molar-refractivity contribution >= 4 is 16.9 Å². The zero-order valence-corrected chi connectivity index (χ0v) is 12.8. The third kappa shape index (κ3) is 4.16. The first-order valence-corrected chi connectivity index (χ1v) is 8.61. The molecule has 2 aliphatic rings. The van der Waals surface area contributed by atoms with Gasteiger partial charge in [0, 0.05) is 5.92 Å². The van der Waals surface area contributed by atoms with E-state index in [0.29, 0.717) is 5.92 Å². The molecule has 0 aliphatic heterocycles. The van der Waals surface area contributed by atoms with Gasteiger partial charge >= 0.3 is 0 Å². The van der Waals surface area contributed by atoms with Gasteiger partial charge in [0.15, 0.2) is 0 Å². The highest BCUT2D eigenvalue weighted by molar-refractivity contribution is 7.85. The second-order valence-electron chi connectivity index (χ2n) is 6.11. The second kappa shape index (κ2) is 6.21. The van der Waals surface area contributed by atoms with E-state index in [-0.39, 0.29) is 16.6 Å². The van der Waals surface area contributed by atoms with Gasteiger partial charge in [-0.25, -0.2) is 4.21 Å². The number of hydrogen-bond donors (Lipinski definition) is 1. The van der Waals surface area contributed by atoms with Crippen LogP contribution in [0.3, 0.4) is 0 Å². The number of unbranched alkanes of at least 4 members (excludes halogenated alkanes) is 3. The molecule has 0 spiro atoms. The molecule has 3 nitrogen and oxygen atoms in total. The van der Waals surface area contributed by atoms with Crippen molar-refractivity contribution in [1.29, 1.82) is 0 Å². The number of allylic oxidation sites excluding steroid dienone is 2. The summed E-state index contributed by atoms with van der Waals surface area (Å²) >= 11 is 0. The summed E-state index contributed by atoms with van der Waals surface area (Å²) in [5.41, 5.74) is 0. The molecular weight excluding hydrogens is 258 g/mol. The van der Waals surface area contributed by atoms with Gasteiger partial charge in [0.2, 0.25) is 5.91 Å². The molecule has 2 aliphatic carbocycles. The largest absolute Gasteiger partial charge is 0.274 e. The van der Waals surface area contributed by atoms with Crippen molar-refractivity contribution < 1.29 is 9.00 Å². The van der Waals surface area contributed by atoms with E-state index in [9.17, 15) is 9.00 Å². The summed E-state index contributed by atoms with van der Waals surface area (Å²) < 4.78 is 14.4.